The van der Waals surface area contributed by atoms with E-state index in [2.05, 4.69) is 76.3 Å². The molecular formula is C99H92BrClF6N12O10S2. The summed E-state index contributed by atoms with van der Waals surface area (Å²) in [6.45, 7) is 15.2. The van der Waals surface area contributed by atoms with Crippen molar-refractivity contribution in [2.75, 3.05) is 67.2 Å². The molecule has 15 rings (SSSR count). The molecule has 0 saturated heterocycles. The lowest BCUT2D eigenvalue weighted by Gasteiger charge is -2.11. The van der Waals surface area contributed by atoms with E-state index < -0.39 is 43.5 Å². The standard InChI is InChI=1S/C21H22ClN3O3S.C21H23N3O3S.C20H19BrN2O2.C19H15F3N2O.C18H13F3N2O/c1-3-25-20-13-17(28-2)9-10-18(20)19(14-23)21(25)15-5-7-16(8-6-15)24-29(26,27)12-4-11-22;1-4-12-28(25,26)23-16-8-6-15(7-9-16)21-19(14-22)18-11-10-17(27-3)13-20(18)24(21)5-2;1-3-23-19-12-16(24-2)8-9-17(19)18(13-22)20(23)14-4-6-15(7-5-14)25-11-10-21;1-3-24-17-10-13(19(20,21)22)6-9-15(17)16(11-23)18(24)12-4-7-14(25-2)8-5-12;1-2-23-16-9-12(18(19,20)21)5-8-14(16)15(10-22)17(23)11-3-6-13(24)7-4-11/h5-10,13,24H,3-4,11-12H2,1-2H3;6-11,13,23H,4-5,12H2,1-3H3;4-9,12H,3,10-11H2,1-2H3;4-10H,3H2,1-2H3;3-9,24H,2H2,1H3. The van der Waals surface area contributed by atoms with Crippen LogP contribution in [0.25, 0.3) is 111 Å². The second-order valence-corrected chi connectivity index (χ2v) is 34.2. The first kappa shape index (κ1) is 97.6. The van der Waals surface area contributed by atoms with Crippen molar-refractivity contribution in [2.45, 2.75) is 99.5 Å². The Morgan fingerprint density at radius 2 is 0.634 bits per heavy atom. The van der Waals surface area contributed by atoms with Crippen LogP contribution in [0.4, 0.5) is 37.7 Å². The maximum Gasteiger partial charge on any atom is 0.416 e. The molecule has 0 amide bonds. The van der Waals surface area contributed by atoms with E-state index in [1.807, 2.05) is 138 Å². The summed E-state index contributed by atoms with van der Waals surface area (Å²) >= 11 is 8.93. The Morgan fingerprint density at radius 1 is 0.374 bits per heavy atom. The third-order valence-electron chi connectivity index (χ3n) is 21.6. The number of phenols is 1. The summed E-state index contributed by atoms with van der Waals surface area (Å²) < 4.78 is 168. The van der Waals surface area contributed by atoms with E-state index in [1.165, 1.54) is 24.3 Å². The minimum absolute atomic E-state index is 0.0251. The lowest BCUT2D eigenvalue weighted by molar-refractivity contribution is -0.138. The normalized spacial score (nSPS) is 11.3. The maximum absolute atomic E-state index is 13.1. The number of phenolic OH excluding ortho intramolecular Hbond substituents is 1. The van der Waals surface area contributed by atoms with E-state index in [-0.39, 0.29) is 17.3 Å². The number of rotatable bonds is 26. The number of aryl methyl sites for hydroxylation is 5. The van der Waals surface area contributed by atoms with Crippen molar-refractivity contribution in [3.63, 3.8) is 0 Å². The monoisotopic (exact) mass is 1900 g/mol. The fourth-order valence-corrected chi connectivity index (χ4v) is 18.4. The van der Waals surface area contributed by atoms with Gasteiger partial charge in [-0.15, -0.1) is 11.6 Å². The molecule has 15 aromatic rings. The van der Waals surface area contributed by atoms with Gasteiger partial charge >= 0.3 is 12.4 Å². The van der Waals surface area contributed by atoms with Gasteiger partial charge in [-0.2, -0.15) is 52.7 Å². The number of sulfonamides is 2. The molecule has 676 valence electrons. The topological polar surface area (TPSA) is 302 Å². The summed E-state index contributed by atoms with van der Waals surface area (Å²) in [6.07, 6.45) is -7.92. The van der Waals surface area contributed by atoms with E-state index in [4.69, 9.17) is 35.3 Å². The van der Waals surface area contributed by atoms with Gasteiger partial charge in [0.1, 0.15) is 64.8 Å². The number of halogens is 8. The number of ether oxygens (including phenoxy) is 5. The number of methoxy groups -OCH3 is 4. The average molecular weight is 1900 g/mol. The second-order valence-electron chi connectivity index (χ2n) is 29.4. The first-order valence-corrected chi connectivity index (χ1v) is 46.4. The summed E-state index contributed by atoms with van der Waals surface area (Å²) in [7, 11) is -0.341. The molecule has 5 aromatic heterocycles. The van der Waals surface area contributed by atoms with Crippen LogP contribution >= 0.6 is 27.5 Å². The summed E-state index contributed by atoms with van der Waals surface area (Å²) in [5.41, 5.74) is 13.5. The van der Waals surface area contributed by atoms with Crippen LogP contribution < -0.4 is 33.1 Å². The van der Waals surface area contributed by atoms with Crippen LogP contribution in [0.3, 0.4) is 0 Å². The number of anilines is 2. The van der Waals surface area contributed by atoms with E-state index in [0.717, 1.165) is 131 Å². The molecule has 0 saturated carbocycles. The minimum atomic E-state index is -4.44. The highest BCUT2D eigenvalue weighted by atomic mass is 79.9. The molecule has 0 spiro atoms. The largest absolute Gasteiger partial charge is 0.508 e. The number of hydrogen-bond acceptors (Lipinski definition) is 15. The Morgan fingerprint density at radius 3 is 0.893 bits per heavy atom. The van der Waals surface area contributed by atoms with E-state index >= 15 is 0 Å². The number of aromatic hydroxyl groups is 1. The Kier molecular flexibility index (Phi) is 32.0. The van der Waals surface area contributed by atoms with Crippen LogP contribution in [0.5, 0.6) is 34.5 Å². The number of nitriles is 5. The molecule has 22 nitrogen and oxygen atoms in total. The fraction of sp³-hybridized carbons (Fsp3) is 0.242. The van der Waals surface area contributed by atoms with Crippen molar-refractivity contribution >= 4 is 113 Å². The number of aromatic nitrogens is 5. The van der Waals surface area contributed by atoms with Gasteiger partial charge in [-0.3, -0.25) is 9.44 Å². The zero-order chi connectivity index (χ0) is 94.8. The van der Waals surface area contributed by atoms with Crippen LogP contribution in [-0.4, -0.2) is 103 Å². The lowest BCUT2D eigenvalue weighted by atomic mass is 10.0. The number of fused-ring (bicyclic) bond motifs is 5. The van der Waals surface area contributed by atoms with Crippen LogP contribution in [0.1, 0.15) is 93.3 Å². The Balaban J connectivity index is 0.000000158. The third-order valence-corrected chi connectivity index (χ3v) is 25.1. The molecule has 0 unspecified atom stereocenters. The number of alkyl halides is 8. The summed E-state index contributed by atoms with van der Waals surface area (Å²) in [4.78, 5) is 0. The molecule has 0 fully saturated rings. The van der Waals surface area contributed by atoms with Gasteiger partial charge < -0.3 is 51.6 Å². The van der Waals surface area contributed by atoms with Gasteiger partial charge in [0.25, 0.3) is 0 Å². The molecule has 131 heavy (non-hydrogen) atoms. The predicted octanol–water partition coefficient (Wildman–Crippen LogP) is 24.1. The van der Waals surface area contributed by atoms with Gasteiger partial charge in [0.2, 0.25) is 20.0 Å². The molecule has 0 radical (unpaired) electrons. The van der Waals surface area contributed by atoms with Crippen LogP contribution in [0, 0.1) is 56.7 Å². The molecule has 5 heterocycles. The molecular weight excluding hydrogens is 1810 g/mol. The Labute approximate surface area is 768 Å². The molecule has 0 aliphatic heterocycles. The SMILES string of the molecule is CCCS(=O)(=O)Nc1ccc(-c2c(C#N)c3ccc(OC)cc3n2CC)cc1.CCn1c(-c2ccc(NS(=O)(=O)CCCCl)cc2)c(C#N)c2ccc(OC)cc21.CCn1c(-c2ccc(O)cc2)c(C#N)c2ccc(C(F)(F)F)cc21.CCn1c(-c2ccc(OC)cc2)c(C#N)c2ccc(C(F)(F)F)cc21.CCn1c(-c2ccc(OCCBr)cc2)c(C#N)c2ccc(OC)cc21. The smallest absolute Gasteiger partial charge is 0.416 e. The molecule has 3 N–H and O–H groups in total. The first-order valence-electron chi connectivity index (χ1n) is 41.5. The van der Waals surface area contributed by atoms with E-state index in [0.29, 0.717) is 135 Å². The quantitative estimate of drug-likeness (QED) is 0.0335. The number of nitrogens with one attached hydrogen (secondary N) is 2. The van der Waals surface area contributed by atoms with Crippen molar-refractivity contribution < 1.29 is 72.0 Å². The predicted molar refractivity (Wildman–Crippen MR) is 506 cm³/mol. The zero-order valence-corrected chi connectivity index (χ0v) is 77.1. The first-order chi connectivity index (χ1) is 62.9. The lowest BCUT2D eigenvalue weighted by Crippen LogP contribution is -2.16. The number of nitrogens with zero attached hydrogens (tertiary/aromatic N) is 10. The molecule has 0 aliphatic carbocycles. The van der Waals surface area contributed by atoms with E-state index in [1.54, 1.807) is 98.2 Å². The average Bonchev–Trinajstić information content (AvgIpc) is 2.25. The molecule has 0 bridgehead atoms. The van der Waals surface area contributed by atoms with E-state index in [9.17, 15) is 74.6 Å². The van der Waals surface area contributed by atoms with Gasteiger partial charge in [0, 0.05) is 100 Å². The summed E-state index contributed by atoms with van der Waals surface area (Å²) in [5, 5.41) is 62.4. The number of benzene rings is 10. The highest BCUT2D eigenvalue weighted by Crippen LogP contribution is 2.44. The molecule has 0 atom stereocenters. The fourth-order valence-electron chi connectivity index (χ4n) is 15.7. The van der Waals surface area contributed by atoms with Gasteiger partial charge in [0.05, 0.1) is 142 Å². The van der Waals surface area contributed by atoms with Gasteiger partial charge in [0.15, 0.2) is 0 Å². The number of hydrogen-bond donors (Lipinski definition) is 3. The Bertz CT molecular complexity index is 7120. The van der Waals surface area contributed by atoms with Crippen molar-refractivity contribution in [1.29, 1.82) is 26.3 Å². The highest BCUT2D eigenvalue weighted by Gasteiger charge is 2.34. The minimum Gasteiger partial charge on any atom is -0.508 e. The Hall–Kier alpha value is -14.0. The van der Waals surface area contributed by atoms with Gasteiger partial charge in [-0.1, -0.05) is 59.3 Å². The van der Waals surface area contributed by atoms with Crippen LogP contribution in [-0.2, 0) is 65.1 Å². The third kappa shape index (κ3) is 21.6. The molecule has 0 aliphatic rings. The van der Waals surface area contributed by atoms with Crippen molar-refractivity contribution in [1.82, 2.24) is 22.8 Å². The summed E-state index contributed by atoms with van der Waals surface area (Å²) in [5.74, 6) is 4.16. The zero-order valence-electron chi connectivity index (χ0n) is 73.1. The van der Waals surface area contributed by atoms with Crippen LogP contribution in [0.2, 0.25) is 0 Å². The molecule has 32 heteroatoms. The highest BCUT2D eigenvalue weighted by molar-refractivity contribution is 9.09. The van der Waals surface area contributed by atoms with Crippen molar-refractivity contribution in [2.24, 2.45) is 0 Å². The van der Waals surface area contributed by atoms with Gasteiger partial charge in [-0.05, 0) is 233 Å². The molecule has 10 aromatic carbocycles. The van der Waals surface area contributed by atoms with Crippen molar-refractivity contribution in [3.8, 4) is 121 Å². The maximum atomic E-state index is 13.1. The van der Waals surface area contributed by atoms with Gasteiger partial charge in [-0.25, -0.2) is 16.8 Å². The van der Waals surface area contributed by atoms with Crippen LogP contribution in [0.15, 0.2) is 212 Å². The van der Waals surface area contributed by atoms with Crippen molar-refractivity contribution in [3.05, 3.63) is 251 Å². The summed E-state index contributed by atoms with van der Waals surface area (Å²) in [6, 6.07) is 70.7. The second kappa shape index (κ2) is 42.9.